The van der Waals surface area contributed by atoms with Crippen molar-refractivity contribution in [3.8, 4) is 33.8 Å². The number of ether oxygens (including phenoxy) is 2. The summed E-state index contributed by atoms with van der Waals surface area (Å²) in [4.78, 5) is 23.9. The van der Waals surface area contributed by atoms with Crippen molar-refractivity contribution < 1.29 is 56.8 Å². The topological polar surface area (TPSA) is 220 Å². The van der Waals surface area contributed by atoms with E-state index in [9.17, 15) is 42.0 Å². The number of halogens is 1. The number of alkyl halides is 1. The molecule has 0 radical (unpaired) electrons. The number of methoxy groups -OCH3 is 2. The highest BCUT2D eigenvalue weighted by Gasteiger charge is 2.40. The van der Waals surface area contributed by atoms with Crippen LogP contribution in [0.4, 0.5) is 11.4 Å². The summed E-state index contributed by atoms with van der Waals surface area (Å²) < 4.78 is 59.7. The Balaban J connectivity index is 0.000000193. The van der Waals surface area contributed by atoms with Crippen LogP contribution in [0.25, 0.3) is 22.3 Å². The van der Waals surface area contributed by atoms with E-state index in [2.05, 4.69) is 15.9 Å². The first-order valence-corrected chi connectivity index (χ1v) is 22.4. The predicted octanol–water partition coefficient (Wildman–Crippen LogP) is 5.88. The van der Waals surface area contributed by atoms with E-state index in [1.54, 1.807) is 86.0 Å². The third-order valence-corrected chi connectivity index (χ3v) is 13.7. The minimum absolute atomic E-state index is 0. The number of nitrogens with zero attached hydrogens (tertiary/aromatic N) is 1. The predicted molar refractivity (Wildman–Crippen MR) is 234 cm³/mol. The molecule has 0 aromatic heterocycles. The summed E-state index contributed by atoms with van der Waals surface area (Å²) in [5.41, 5.74) is 5.47. The normalized spacial score (nSPS) is 15.0. The summed E-state index contributed by atoms with van der Waals surface area (Å²) in [7, 11) is -4.14. The third kappa shape index (κ3) is 10.1. The summed E-state index contributed by atoms with van der Waals surface area (Å²) in [6, 6.07) is 36.5. The van der Waals surface area contributed by atoms with Crippen molar-refractivity contribution in [1.29, 1.82) is 0 Å². The second kappa shape index (κ2) is 19.9. The molecule has 4 N–H and O–H groups in total. The Labute approximate surface area is 367 Å². The van der Waals surface area contributed by atoms with E-state index in [4.69, 9.17) is 14.7 Å². The minimum atomic E-state index is -3.93. The number of quaternary nitrogens is 2. The molecule has 0 saturated heterocycles. The summed E-state index contributed by atoms with van der Waals surface area (Å²) in [5, 5.41) is 39.4. The molecule has 0 saturated carbocycles. The Morgan fingerprint density at radius 3 is 1.60 bits per heavy atom. The van der Waals surface area contributed by atoms with E-state index >= 15 is 0 Å². The van der Waals surface area contributed by atoms with Gasteiger partial charge in [-0.25, -0.2) is 31.6 Å². The molecule has 2 aliphatic rings. The minimum Gasteiger partial charge on any atom is -0.595 e. The van der Waals surface area contributed by atoms with Crippen molar-refractivity contribution in [3.63, 3.8) is 0 Å². The molecular weight excluding hydrogens is 907 g/mol. The Bertz CT molecular complexity index is 2840. The fourth-order valence-electron chi connectivity index (χ4n) is 6.63. The van der Waals surface area contributed by atoms with Gasteiger partial charge in [-0.2, -0.15) is 10.5 Å². The van der Waals surface area contributed by atoms with Crippen LogP contribution in [-0.2, 0) is 31.7 Å². The van der Waals surface area contributed by atoms with Gasteiger partial charge >= 0.3 is 0 Å². The second-order valence-corrected chi connectivity index (χ2v) is 17.8. The van der Waals surface area contributed by atoms with Gasteiger partial charge in [-0.05, 0) is 64.7 Å². The number of carbonyl (C=O) groups is 2. The van der Waals surface area contributed by atoms with Crippen molar-refractivity contribution in [1.82, 2.24) is 4.31 Å². The molecule has 324 valence electrons. The molecular formula is C44H41BrN3O12S2-. The van der Waals surface area contributed by atoms with E-state index in [0.29, 0.717) is 28.0 Å². The lowest BCUT2D eigenvalue weighted by Crippen LogP contribution is -2.99. The quantitative estimate of drug-likeness (QED) is 0.0759. The zero-order chi connectivity index (χ0) is 44.1. The maximum absolute atomic E-state index is 12.8. The average Bonchev–Trinajstić information content (AvgIpc) is 3.62. The van der Waals surface area contributed by atoms with Crippen molar-refractivity contribution in [2.45, 2.75) is 21.7 Å². The standard InChI is InChI=1S/C21H18N2O6S.C14H14BrNO3.C8H6O3S.CH3/c1-29-19-10-9-14(11-18(19)15-5-4-6-16(12-15)23(25)26)13-22-21(24)17-7-2-3-8-20(17)30(22,27)28;1-19-14-6-5-10(9-15)7-13(14)11-3-2-4-12(8-11)16(17)18;9-7-5-12(10,11)8-4-2-1-3-6(7)8;/h2-12,23,25H,13H2,1H3;2-8,16-17H,9H2,1H3;1-4H,5H2;1H3/q;;;-1. The van der Waals surface area contributed by atoms with Crippen molar-refractivity contribution in [3.05, 3.63) is 174 Å². The molecule has 62 heavy (non-hydrogen) atoms. The van der Waals surface area contributed by atoms with E-state index in [1.807, 2.05) is 24.3 Å². The monoisotopic (exact) mass is 946 g/mol. The molecule has 0 spiro atoms. The van der Waals surface area contributed by atoms with Crippen molar-refractivity contribution >= 4 is 58.9 Å². The largest absolute Gasteiger partial charge is 0.595 e. The summed E-state index contributed by atoms with van der Waals surface area (Å²) in [6.07, 6.45) is 0. The zero-order valence-electron chi connectivity index (χ0n) is 33.4. The molecule has 0 fully saturated rings. The first-order valence-electron chi connectivity index (χ1n) is 18.2. The van der Waals surface area contributed by atoms with E-state index in [1.165, 1.54) is 37.4 Å². The number of sulfone groups is 1. The number of ketones is 1. The van der Waals surface area contributed by atoms with Crippen LogP contribution in [0.1, 0.15) is 31.8 Å². The van der Waals surface area contributed by atoms with E-state index in [-0.39, 0.29) is 52.2 Å². The van der Waals surface area contributed by atoms with Crippen LogP contribution in [0.5, 0.6) is 11.5 Å². The summed E-state index contributed by atoms with van der Waals surface area (Å²) >= 11 is 3.41. The number of hydrogen-bond acceptors (Lipinski definition) is 12. The molecule has 0 bridgehead atoms. The molecule has 15 nitrogen and oxygen atoms in total. The molecule has 0 aliphatic carbocycles. The maximum atomic E-state index is 12.8. The van der Waals surface area contributed by atoms with Crippen molar-refractivity contribution in [2.75, 3.05) is 20.0 Å². The number of benzene rings is 6. The van der Waals surface area contributed by atoms with Crippen LogP contribution in [0.3, 0.4) is 0 Å². The summed E-state index contributed by atoms with van der Waals surface area (Å²) in [5.74, 6) is -0.0133. The molecule has 6 aromatic carbocycles. The molecule has 2 heterocycles. The fraction of sp³-hybridized carbons (Fsp3) is 0.114. The van der Waals surface area contributed by atoms with Gasteiger partial charge in [0.15, 0.2) is 27.0 Å². The zero-order valence-corrected chi connectivity index (χ0v) is 36.7. The smallest absolute Gasteiger partial charge is 0.269 e. The van der Waals surface area contributed by atoms with Gasteiger partial charge in [-0.3, -0.25) is 9.59 Å². The van der Waals surface area contributed by atoms with E-state index in [0.717, 1.165) is 32.1 Å². The number of carbonyl (C=O) groups excluding carboxylic acids is 2. The second-order valence-electron chi connectivity index (χ2n) is 13.5. The molecule has 8 rings (SSSR count). The first-order chi connectivity index (χ1) is 29.1. The van der Waals surface area contributed by atoms with Crippen LogP contribution < -0.4 is 19.9 Å². The molecule has 18 heteroatoms. The maximum Gasteiger partial charge on any atom is 0.269 e. The van der Waals surface area contributed by atoms with Crippen molar-refractivity contribution in [2.24, 2.45) is 0 Å². The number of sulfonamides is 1. The van der Waals surface area contributed by atoms with Crippen LogP contribution in [-0.4, -0.2) is 63.2 Å². The number of fused-ring (bicyclic) bond motifs is 2. The summed E-state index contributed by atoms with van der Waals surface area (Å²) in [6.45, 7) is -0.147. The Morgan fingerprint density at radius 1 is 0.629 bits per heavy atom. The van der Waals surface area contributed by atoms with E-state index < -0.39 is 36.2 Å². The van der Waals surface area contributed by atoms with Gasteiger partial charge in [-0.1, -0.05) is 82.7 Å². The van der Waals surface area contributed by atoms with Crippen LogP contribution in [0, 0.1) is 17.8 Å². The van der Waals surface area contributed by atoms with Gasteiger partial charge in [0.2, 0.25) is 0 Å². The van der Waals surface area contributed by atoms with Crippen LogP contribution >= 0.6 is 15.9 Å². The molecule has 1 amide bonds. The Hall–Kier alpha value is -5.80. The van der Waals surface area contributed by atoms with Gasteiger partial charge in [-0.15, -0.1) is 0 Å². The highest BCUT2D eigenvalue weighted by atomic mass is 79.9. The number of nitrogens with one attached hydrogen (secondary N) is 2. The SMILES string of the molecule is COc1ccc(CBr)cc1-c1cccc([NH+]([O-])O)c1.COc1ccc(CN2C(=O)c3ccccc3S2(=O)=O)cc1-c1cccc([NH+]([O-])O)c1.O=C1CS(=O)(=O)c2ccccc21.[CH3-]. The fourth-order valence-corrected chi connectivity index (χ4v) is 10.00. The number of Topliss-reactive ketones (excluding diaryl/α,β-unsaturated/α-hetero) is 1. The number of hydrogen-bond donors (Lipinski definition) is 4. The lowest BCUT2D eigenvalue weighted by molar-refractivity contribution is -0.991. The first kappa shape index (κ1) is 47.3. The molecule has 2 atom stereocenters. The lowest BCUT2D eigenvalue weighted by atomic mass is 10.0. The van der Waals surface area contributed by atoms with Gasteiger partial charge in [0.25, 0.3) is 15.9 Å². The lowest BCUT2D eigenvalue weighted by Gasteiger charge is -2.17. The van der Waals surface area contributed by atoms with Crippen LogP contribution in [0.15, 0.2) is 143 Å². The Kier molecular flexibility index (Phi) is 15.2. The Morgan fingerprint density at radius 2 is 1.11 bits per heavy atom. The van der Waals surface area contributed by atoms with Gasteiger partial charge < -0.3 is 27.3 Å². The average molecular weight is 948 g/mol. The van der Waals surface area contributed by atoms with Gasteiger partial charge in [0.1, 0.15) is 22.1 Å². The number of rotatable bonds is 9. The molecule has 2 aliphatic heterocycles. The van der Waals surface area contributed by atoms with Gasteiger partial charge in [0.05, 0.1) is 31.2 Å². The highest BCUT2D eigenvalue weighted by Crippen LogP contribution is 2.36. The highest BCUT2D eigenvalue weighted by molar-refractivity contribution is 9.08. The molecule has 6 aromatic rings. The molecule has 2 unspecified atom stereocenters. The van der Waals surface area contributed by atoms with Gasteiger partial charge in [0, 0.05) is 46.3 Å². The third-order valence-electron chi connectivity index (χ3n) is 9.60. The number of amides is 1. The van der Waals surface area contributed by atoms with Crippen LogP contribution in [0.2, 0.25) is 0 Å².